The Morgan fingerprint density at radius 1 is 0.897 bits per heavy atom. The van der Waals surface area contributed by atoms with Gasteiger partial charge in [-0.15, -0.1) is 0 Å². The van der Waals surface area contributed by atoms with Crippen molar-refractivity contribution < 1.29 is 36.7 Å². The Morgan fingerprint density at radius 2 is 1.41 bits per heavy atom. The molecule has 0 aliphatic rings. The Morgan fingerprint density at radius 3 is 1.86 bits per heavy atom. The van der Waals surface area contributed by atoms with Crippen LogP contribution in [0.4, 0.5) is 17.6 Å². The predicted molar refractivity (Wildman–Crippen MR) is 95.4 cm³/mol. The zero-order valence-electron chi connectivity index (χ0n) is 15.3. The summed E-state index contributed by atoms with van der Waals surface area (Å²) in [7, 11) is 0. The molecule has 0 fully saturated rings. The summed E-state index contributed by atoms with van der Waals surface area (Å²) >= 11 is 0. The highest BCUT2D eigenvalue weighted by Crippen LogP contribution is 2.20. The lowest BCUT2D eigenvalue weighted by Gasteiger charge is -2.23. The molecule has 0 aliphatic heterocycles. The fourth-order valence-corrected chi connectivity index (χ4v) is 2.64. The van der Waals surface area contributed by atoms with Crippen LogP contribution >= 0.6 is 0 Å². The summed E-state index contributed by atoms with van der Waals surface area (Å²) in [5.74, 6) is 0.0623. The van der Waals surface area contributed by atoms with E-state index in [0.29, 0.717) is 37.2 Å². The Labute approximate surface area is 164 Å². The average Bonchev–Trinajstić information content (AvgIpc) is 2.64. The van der Waals surface area contributed by atoms with Crippen molar-refractivity contribution in [2.24, 2.45) is 0 Å². The predicted octanol–water partition coefficient (Wildman–Crippen LogP) is 3.57. The first-order valence-electron chi connectivity index (χ1n) is 8.57. The van der Waals surface area contributed by atoms with Gasteiger partial charge in [0.05, 0.1) is 6.61 Å². The van der Waals surface area contributed by atoms with E-state index in [1.54, 1.807) is 24.3 Å². The van der Waals surface area contributed by atoms with Gasteiger partial charge in [0, 0.05) is 19.6 Å². The van der Waals surface area contributed by atoms with Gasteiger partial charge in [-0.3, -0.25) is 14.5 Å². The molecule has 0 aliphatic carbocycles. The molecule has 29 heavy (non-hydrogen) atoms. The van der Waals surface area contributed by atoms with Crippen molar-refractivity contribution in [2.45, 2.75) is 26.3 Å². The van der Waals surface area contributed by atoms with Gasteiger partial charge in [-0.1, -0.05) is 24.3 Å². The van der Waals surface area contributed by atoms with Crippen LogP contribution in [0.1, 0.15) is 11.1 Å². The highest BCUT2D eigenvalue weighted by molar-refractivity contribution is 5.43. The number of hydroxylamine groups is 1. The van der Waals surface area contributed by atoms with Gasteiger partial charge in [-0.25, -0.2) is 5.48 Å². The highest BCUT2D eigenvalue weighted by atomic mass is 19.3. The van der Waals surface area contributed by atoms with Crippen LogP contribution in [0.15, 0.2) is 48.5 Å². The van der Waals surface area contributed by atoms with Crippen molar-refractivity contribution in [1.82, 2.24) is 10.4 Å². The number of carbonyl (C=O) groups is 1. The fraction of sp³-hybridized carbons (Fsp3) is 0.316. The van der Waals surface area contributed by atoms with E-state index >= 15 is 0 Å². The zero-order valence-corrected chi connectivity index (χ0v) is 15.3. The average molecular weight is 416 g/mol. The quantitative estimate of drug-likeness (QED) is 0.234. The SMILES string of the molecule is O=CNOCCN(Cc1cccc(OC(F)F)c1)Cc1cccc(OC(F)F)c1. The lowest BCUT2D eigenvalue weighted by Crippen LogP contribution is -2.29. The summed E-state index contributed by atoms with van der Waals surface area (Å²) in [5.41, 5.74) is 3.48. The Hall–Kier alpha value is -2.85. The molecule has 0 radical (unpaired) electrons. The molecule has 10 heteroatoms. The minimum atomic E-state index is -2.93. The standard InChI is InChI=1S/C19H20F4N2O4/c20-18(21)28-16-5-1-3-14(9-16)11-25(7-8-27-24-13-26)12-15-4-2-6-17(10-15)29-19(22)23/h1-6,9-10,13,18-19H,7-8,11-12H2,(H,24,26). The molecule has 0 spiro atoms. The van der Waals surface area contributed by atoms with Crippen LogP contribution in [0.2, 0.25) is 0 Å². The van der Waals surface area contributed by atoms with Gasteiger partial charge in [0.2, 0.25) is 6.41 Å². The second-order valence-corrected chi connectivity index (χ2v) is 5.85. The van der Waals surface area contributed by atoms with E-state index < -0.39 is 13.2 Å². The second kappa shape index (κ2) is 11.9. The minimum absolute atomic E-state index is 0.0312. The maximum absolute atomic E-state index is 12.4. The van der Waals surface area contributed by atoms with Crippen LogP contribution in [-0.4, -0.2) is 37.7 Å². The molecule has 158 valence electrons. The molecule has 0 atom stereocenters. The molecule has 1 amide bonds. The van der Waals surface area contributed by atoms with Gasteiger partial charge in [-0.2, -0.15) is 17.6 Å². The monoisotopic (exact) mass is 416 g/mol. The van der Waals surface area contributed by atoms with E-state index in [0.717, 1.165) is 0 Å². The molecule has 2 aromatic rings. The van der Waals surface area contributed by atoms with Crippen LogP contribution < -0.4 is 15.0 Å². The van der Waals surface area contributed by atoms with Gasteiger partial charge in [0.25, 0.3) is 0 Å². The number of carbonyl (C=O) groups excluding carboxylic acids is 1. The number of amides is 1. The van der Waals surface area contributed by atoms with Crippen LogP contribution in [0.25, 0.3) is 0 Å². The number of halogens is 4. The van der Waals surface area contributed by atoms with Crippen LogP contribution in [0.5, 0.6) is 11.5 Å². The number of rotatable bonds is 13. The summed E-state index contributed by atoms with van der Waals surface area (Å²) in [6, 6.07) is 12.5. The molecule has 0 unspecified atom stereocenters. The van der Waals surface area contributed by atoms with Crippen molar-refractivity contribution in [1.29, 1.82) is 0 Å². The Kier molecular flexibility index (Phi) is 9.19. The topological polar surface area (TPSA) is 60.0 Å². The van der Waals surface area contributed by atoms with E-state index in [1.807, 2.05) is 4.90 Å². The maximum atomic E-state index is 12.4. The van der Waals surface area contributed by atoms with Crippen molar-refractivity contribution in [3.05, 3.63) is 59.7 Å². The van der Waals surface area contributed by atoms with E-state index in [1.165, 1.54) is 24.3 Å². The molecule has 0 bridgehead atoms. The zero-order chi connectivity index (χ0) is 21.1. The van der Waals surface area contributed by atoms with Crippen molar-refractivity contribution in [3.8, 4) is 11.5 Å². The van der Waals surface area contributed by atoms with E-state index in [9.17, 15) is 22.4 Å². The lowest BCUT2D eigenvalue weighted by molar-refractivity contribution is -0.121. The molecule has 0 heterocycles. The summed E-state index contributed by atoms with van der Waals surface area (Å²) in [5, 5.41) is 0. The third kappa shape index (κ3) is 8.79. The summed E-state index contributed by atoms with van der Waals surface area (Å²) in [6.45, 7) is -4.67. The summed E-state index contributed by atoms with van der Waals surface area (Å²) < 4.78 is 58.5. The fourth-order valence-electron chi connectivity index (χ4n) is 2.64. The lowest BCUT2D eigenvalue weighted by atomic mass is 10.1. The first-order chi connectivity index (χ1) is 14.0. The Bertz CT molecular complexity index is 709. The van der Waals surface area contributed by atoms with E-state index in [-0.39, 0.29) is 18.1 Å². The maximum Gasteiger partial charge on any atom is 0.387 e. The van der Waals surface area contributed by atoms with Gasteiger partial charge in [0.15, 0.2) is 0 Å². The molecular formula is C19H20F4N2O4. The third-order valence-electron chi connectivity index (χ3n) is 3.70. The number of hydrogen-bond donors (Lipinski definition) is 1. The first-order valence-corrected chi connectivity index (χ1v) is 8.57. The molecule has 0 saturated heterocycles. The normalized spacial score (nSPS) is 11.1. The van der Waals surface area contributed by atoms with Crippen molar-refractivity contribution >= 4 is 6.41 Å². The summed E-state index contributed by atoms with van der Waals surface area (Å²) in [6.07, 6.45) is 0.390. The number of ether oxygens (including phenoxy) is 2. The first kappa shape index (κ1) is 22.4. The van der Waals surface area contributed by atoms with Gasteiger partial charge in [0.1, 0.15) is 11.5 Å². The van der Waals surface area contributed by atoms with Crippen LogP contribution in [0.3, 0.4) is 0 Å². The number of hydrogen-bond acceptors (Lipinski definition) is 5. The molecule has 0 saturated carbocycles. The van der Waals surface area contributed by atoms with Gasteiger partial charge in [-0.05, 0) is 35.4 Å². The number of nitrogens with zero attached hydrogens (tertiary/aromatic N) is 1. The van der Waals surface area contributed by atoms with E-state index in [4.69, 9.17) is 4.84 Å². The van der Waals surface area contributed by atoms with Gasteiger partial charge >= 0.3 is 13.2 Å². The smallest absolute Gasteiger partial charge is 0.387 e. The van der Waals surface area contributed by atoms with Crippen molar-refractivity contribution in [3.63, 3.8) is 0 Å². The largest absolute Gasteiger partial charge is 0.435 e. The Balaban J connectivity index is 2.09. The van der Waals surface area contributed by atoms with Crippen molar-refractivity contribution in [2.75, 3.05) is 13.2 Å². The second-order valence-electron chi connectivity index (χ2n) is 5.85. The number of benzene rings is 2. The summed E-state index contributed by atoms with van der Waals surface area (Å²) in [4.78, 5) is 17.1. The van der Waals surface area contributed by atoms with Gasteiger partial charge < -0.3 is 9.47 Å². The number of nitrogens with one attached hydrogen (secondary N) is 1. The molecule has 6 nitrogen and oxygen atoms in total. The van der Waals surface area contributed by atoms with Crippen LogP contribution in [0, 0.1) is 0 Å². The third-order valence-corrected chi connectivity index (χ3v) is 3.70. The molecule has 0 aromatic heterocycles. The molecule has 2 aromatic carbocycles. The molecule has 2 rings (SSSR count). The number of alkyl halides is 4. The molecular weight excluding hydrogens is 396 g/mol. The highest BCUT2D eigenvalue weighted by Gasteiger charge is 2.11. The molecule has 1 N–H and O–H groups in total. The van der Waals surface area contributed by atoms with Crippen LogP contribution in [-0.2, 0) is 22.7 Å². The minimum Gasteiger partial charge on any atom is -0.435 e. The van der Waals surface area contributed by atoms with E-state index in [2.05, 4.69) is 15.0 Å².